The molecule has 0 spiro atoms. The Kier molecular flexibility index (Phi) is 9.25. The van der Waals surface area contributed by atoms with Gasteiger partial charge in [0.1, 0.15) is 0 Å². The highest BCUT2D eigenvalue weighted by Crippen LogP contribution is 2.28. The molecule has 0 aromatic heterocycles. The molecule has 2 aromatic carbocycles. The normalized spacial score (nSPS) is 12.7. The van der Waals surface area contributed by atoms with Crippen molar-refractivity contribution in [3.63, 3.8) is 0 Å². The van der Waals surface area contributed by atoms with Gasteiger partial charge in [-0.05, 0) is 29.5 Å². The number of hydrogen-bond acceptors (Lipinski definition) is 4. The van der Waals surface area contributed by atoms with Gasteiger partial charge < -0.3 is 15.4 Å². The minimum Gasteiger partial charge on any atom is -0.455 e. The van der Waals surface area contributed by atoms with Crippen LogP contribution in [-0.2, 0) is 14.3 Å². The van der Waals surface area contributed by atoms with Crippen molar-refractivity contribution in [2.45, 2.75) is 40.0 Å². The lowest BCUT2D eigenvalue weighted by Crippen LogP contribution is -2.30. The van der Waals surface area contributed by atoms with Crippen LogP contribution < -0.4 is 10.6 Å². The summed E-state index contributed by atoms with van der Waals surface area (Å²) in [4.78, 5) is 37.6. The summed E-state index contributed by atoms with van der Waals surface area (Å²) in [6, 6.07) is 16.2. The molecule has 2 amide bonds. The van der Waals surface area contributed by atoms with Crippen LogP contribution in [0.4, 0.5) is 5.69 Å². The average molecular weight is 425 g/mol. The second-order valence-electron chi connectivity index (χ2n) is 8.08. The van der Waals surface area contributed by atoms with Crippen LogP contribution in [0.15, 0.2) is 54.6 Å². The van der Waals surface area contributed by atoms with Crippen LogP contribution in [0.2, 0.25) is 0 Å². The van der Waals surface area contributed by atoms with Crippen LogP contribution in [0.1, 0.15) is 56.0 Å². The summed E-state index contributed by atoms with van der Waals surface area (Å²) in [5, 5.41) is 5.52. The highest BCUT2D eigenvalue weighted by Gasteiger charge is 2.28. The molecule has 6 nitrogen and oxygen atoms in total. The first kappa shape index (κ1) is 24.1. The molecule has 0 aliphatic rings. The zero-order valence-corrected chi connectivity index (χ0v) is 18.7. The van der Waals surface area contributed by atoms with Crippen molar-refractivity contribution in [3.05, 3.63) is 65.7 Å². The Balaban J connectivity index is 2.01. The molecule has 0 aliphatic heterocycles. The van der Waals surface area contributed by atoms with Crippen molar-refractivity contribution < 1.29 is 19.1 Å². The van der Waals surface area contributed by atoms with Gasteiger partial charge in [0.05, 0.1) is 17.2 Å². The third-order valence-electron chi connectivity index (χ3n) is 5.09. The lowest BCUT2D eigenvalue weighted by atomic mass is 9.86. The molecule has 2 atom stereocenters. The molecular weight excluding hydrogens is 392 g/mol. The standard InChI is InChI=1S/C25H32N2O4/c1-5-18(4)23(19-11-7-6-8-12-19)25(30)31-16-22(28)27-21-14-10-9-13-20(21)24(29)26-15-17(2)3/h6-14,17-18,23H,5,15-16H2,1-4H3,(H,26,29)(H,27,28)/t18-,23+/m0/s1. The smallest absolute Gasteiger partial charge is 0.314 e. The largest absolute Gasteiger partial charge is 0.455 e. The topological polar surface area (TPSA) is 84.5 Å². The maximum absolute atomic E-state index is 12.8. The number of carbonyl (C=O) groups is 3. The average Bonchev–Trinajstić information content (AvgIpc) is 2.77. The number of anilines is 1. The summed E-state index contributed by atoms with van der Waals surface area (Å²) in [6.07, 6.45) is 0.805. The summed E-state index contributed by atoms with van der Waals surface area (Å²) in [7, 11) is 0. The lowest BCUT2D eigenvalue weighted by Gasteiger charge is -2.22. The molecule has 166 valence electrons. The molecule has 0 saturated carbocycles. The number of carbonyl (C=O) groups excluding carboxylic acids is 3. The lowest BCUT2D eigenvalue weighted by molar-refractivity contribution is -0.150. The number of para-hydroxylation sites is 1. The van der Waals surface area contributed by atoms with Crippen LogP contribution in [0.3, 0.4) is 0 Å². The van der Waals surface area contributed by atoms with Crippen molar-refractivity contribution in [1.29, 1.82) is 0 Å². The van der Waals surface area contributed by atoms with Crippen LogP contribution in [0, 0.1) is 11.8 Å². The van der Waals surface area contributed by atoms with Gasteiger partial charge in [0.25, 0.3) is 11.8 Å². The molecule has 0 fully saturated rings. The Morgan fingerprint density at radius 1 is 0.935 bits per heavy atom. The van der Waals surface area contributed by atoms with E-state index in [1.165, 1.54) is 0 Å². The van der Waals surface area contributed by atoms with E-state index in [9.17, 15) is 14.4 Å². The third-order valence-corrected chi connectivity index (χ3v) is 5.09. The monoisotopic (exact) mass is 424 g/mol. The van der Waals surface area contributed by atoms with E-state index in [-0.39, 0.29) is 11.8 Å². The van der Waals surface area contributed by atoms with Gasteiger partial charge in [-0.3, -0.25) is 14.4 Å². The van der Waals surface area contributed by atoms with Crippen LogP contribution >= 0.6 is 0 Å². The Hall–Kier alpha value is -3.15. The van der Waals surface area contributed by atoms with Crippen molar-refractivity contribution >= 4 is 23.5 Å². The SMILES string of the molecule is CC[C@H](C)[C@@H](C(=O)OCC(=O)Nc1ccccc1C(=O)NCC(C)C)c1ccccc1. The summed E-state index contributed by atoms with van der Waals surface area (Å²) in [5.41, 5.74) is 1.62. The Bertz CT molecular complexity index is 880. The highest BCUT2D eigenvalue weighted by atomic mass is 16.5. The van der Waals surface area contributed by atoms with E-state index >= 15 is 0 Å². The van der Waals surface area contributed by atoms with E-state index in [1.807, 2.05) is 58.0 Å². The predicted octanol–water partition coefficient (Wildman–Crippen LogP) is 4.38. The number of amides is 2. The number of ether oxygens (including phenoxy) is 1. The molecule has 0 heterocycles. The van der Waals surface area contributed by atoms with Crippen molar-refractivity contribution in [2.24, 2.45) is 11.8 Å². The van der Waals surface area contributed by atoms with E-state index < -0.39 is 24.4 Å². The number of benzene rings is 2. The molecule has 31 heavy (non-hydrogen) atoms. The van der Waals surface area contributed by atoms with Crippen molar-refractivity contribution in [2.75, 3.05) is 18.5 Å². The van der Waals surface area contributed by atoms with Gasteiger partial charge in [0.15, 0.2) is 6.61 Å². The first-order valence-corrected chi connectivity index (χ1v) is 10.7. The summed E-state index contributed by atoms with van der Waals surface area (Å²) in [5.74, 6) is -1.24. The summed E-state index contributed by atoms with van der Waals surface area (Å²) in [6.45, 7) is 8.14. The third kappa shape index (κ3) is 7.24. The molecule has 0 unspecified atom stereocenters. The van der Waals surface area contributed by atoms with E-state index in [2.05, 4.69) is 10.6 Å². The van der Waals surface area contributed by atoms with Gasteiger partial charge in [0, 0.05) is 6.54 Å². The van der Waals surface area contributed by atoms with E-state index in [4.69, 9.17) is 4.74 Å². The first-order chi connectivity index (χ1) is 14.8. The minimum absolute atomic E-state index is 0.0725. The van der Waals surface area contributed by atoms with E-state index in [0.29, 0.717) is 23.7 Å². The van der Waals surface area contributed by atoms with Gasteiger partial charge >= 0.3 is 5.97 Å². The number of nitrogens with one attached hydrogen (secondary N) is 2. The fourth-order valence-electron chi connectivity index (χ4n) is 3.19. The molecule has 2 aromatic rings. The molecule has 0 radical (unpaired) electrons. The van der Waals surface area contributed by atoms with Gasteiger partial charge in [-0.1, -0.05) is 76.6 Å². The number of hydrogen-bond donors (Lipinski definition) is 2. The van der Waals surface area contributed by atoms with Crippen molar-refractivity contribution in [1.82, 2.24) is 5.32 Å². The Morgan fingerprint density at radius 3 is 2.23 bits per heavy atom. The Morgan fingerprint density at radius 2 is 1.58 bits per heavy atom. The zero-order valence-electron chi connectivity index (χ0n) is 18.7. The minimum atomic E-state index is -0.492. The molecule has 2 rings (SSSR count). The molecule has 6 heteroatoms. The molecule has 0 aliphatic carbocycles. The van der Waals surface area contributed by atoms with Crippen molar-refractivity contribution in [3.8, 4) is 0 Å². The van der Waals surface area contributed by atoms with Gasteiger partial charge in [-0.2, -0.15) is 0 Å². The van der Waals surface area contributed by atoms with Crippen LogP contribution in [0.25, 0.3) is 0 Å². The maximum Gasteiger partial charge on any atom is 0.314 e. The van der Waals surface area contributed by atoms with E-state index in [0.717, 1.165) is 12.0 Å². The summed E-state index contributed by atoms with van der Waals surface area (Å²) >= 11 is 0. The second-order valence-corrected chi connectivity index (χ2v) is 8.08. The fourth-order valence-corrected chi connectivity index (χ4v) is 3.19. The van der Waals surface area contributed by atoms with E-state index in [1.54, 1.807) is 24.3 Å². The number of rotatable bonds is 10. The van der Waals surface area contributed by atoms with Crippen LogP contribution in [-0.4, -0.2) is 30.9 Å². The van der Waals surface area contributed by atoms with Gasteiger partial charge in [-0.25, -0.2) is 0 Å². The van der Waals surface area contributed by atoms with Crippen LogP contribution in [0.5, 0.6) is 0 Å². The maximum atomic E-state index is 12.8. The summed E-state index contributed by atoms with van der Waals surface area (Å²) < 4.78 is 5.34. The first-order valence-electron chi connectivity index (χ1n) is 10.7. The quantitative estimate of drug-likeness (QED) is 0.554. The number of esters is 1. The Labute approximate surface area is 184 Å². The molecule has 2 N–H and O–H groups in total. The molecule has 0 bridgehead atoms. The zero-order chi connectivity index (χ0) is 22.8. The molecule has 0 saturated heterocycles. The fraction of sp³-hybridized carbons (Fsp3) is 0.400. The van der Waals surface area contributed by atoms with Gasteiger partial charge in [0.2, 0.25) is 0 Å². The predicted molar refractivity (Wildman–Crippen MR) is 122 cm³/mol. The second kappa shape index (κ2) is 11.9. The highest BCUT2D eigenvalue weighted by molar-refractivity contribution is 6.04. The van der Waals surface area contributed by atoms with Gasteiger partial charge in [-0.15, -0.1) is 0 Å². The molecular formula is C25H32N2O4.